The van der Waals surface area contributed by atoms with Gasteiger partial charge in [-0.15, -0.1) is 0 Å². The van der Waals surface area contributed by atoms with Crippen molar-refractivity contribution in [3.05, 3.63) is 24.0 Å². The summed E-state index contributed by atoms with van der Waals surface area (Å²) in [5.74, 6) is -0.0686. The minimum atomic E-state index is -0.0686. The highest BCUT2D eigenvalue weighted by molar-refractivity contribution is 5.99. The second kappa shape index (κ2) is 6.01. The van der Waals surface area contributed by atoms with Gasteiger partial charge in [-0.3, -0.25) is 9.78 Å². The van der Waals surface area contributed by atoms with E-state index in [9.17, 15) is 4.79 Å². The molecule has 0 aliphatic heterocycles. The van der Waals surface area contributed by atoms with Gasteiger partial charge < -0.3 is 10.6 Å². The first-order valence-electron chi connectivity index (χ1n) is 5.25. The summed E-state index contributed by atoms with van der Waals surface area (Å²) in [6, 6.07) is 1.81. The highest BCUT2D eigenvalue weighted by Gasteiger charge is 2.09. The molecule has 0 saturated carbocycles. The van der Waals surface area contributed by atoms with E-state index in [2.05, 4.69) is 15.6 Å². The SMILES string of the molecule is CCCNC(=O)c1cnccc1NCC. The molecule has 1 amide bonds. The first kappa shape index (κ1) is 11.5. The number of rotatable bonds is 5. The number of hydrogen-bond donors (Lipinski definition) is 2. The Balaban J connectivity index is 2.77. The average molecular weight is 207 g/mol. The van der Waals surface area contributed by atoms with Crippen LogP contribution in [0.4, 0.5) is 5.69 Å². The number of hydrogen-bond acceptors (Lipinski definition) is 3. The van der Waals surface area contributed by atoms with Crippen molar-refractivity contribution >= 4 is 11.6 Å². The predicted molar refractivity (Wildman–Crippen MR) is 61.0 cm³/mol. The van der Waals surface area contributed by atoms with Crippen LogP contribution in [0.3, 0.4) is 0 Å². The zero-order chi connectivity index (χ0) is 11.1. The third-order valence-electron chi connectivity index (χ3n) is 1.97. The lowest BCUT2D eigenvalue weighted by Crippen LogP contribution is -2.25. The van der Waals surface area contributed by atoms with Crippen molar-refractivity contribution in [2.24, 2.45) is 0 Å². The standard InChI is InChI=1S/C11H17N3O/c1-3-6-14-11(15)9-8-12-7-5-10(9)13-4-2/h5,7-8H,3-4,6H2,1-2H3,(H,12,13)(H,14,15). The van der Waals surface area contributed by atoms with Crippen molar-refractivity contribution in [3.8, 4) is 0 Å². The Morgan fingerprint density at radius 2 is 2.27 bits per heavy atom. The molecule has 0 aromatic carbocycles. The predicted octanol–water partition coefficient (Wildman–Crippen LogP) is 1.65. The normalized spacial score (nSPS) is 9.73. The van der Waals surface area contributed by atoms with Gasteiger partial charge in [0.05, 0.1) is 11.3 Å². The van der Waals surface area contributed by atoms with Gasteiger partial charge in [-0.2, -0.15) is 0 Å². The fraction of sp³-hybridized carbons (Fsp3) is 0.455. The molecule has 0 radical (unpaired) electrons. The van der Waals surface area contributed by atoms with Gasteiger partial charge >= 0.3 is 0 Å². The molecule has 4 nitrogen and oxygen atoms in total. The summed E-state index contributed by atoms with van der Waals surface area (Å²) in [4.78, 5) is 15.7. The highest BCUT2D eigenvalue weighted by Crippen LogP contribution is 2.12. The number of pyridine rings is 1. The van der Waals surface area contributed by atoms with E-state index in [0.717, 1.165) is 18.7 Å². The number of nitrogens with zero attached hydrogens (tertiary/aromatic N) is 1. The molecular formula is C11H17N3O. The van der Waals surface area contributed by atoms with Crippen molar-refractivity contribution in [1.29, 1.82) is 0 Å². The van der Waals surface area contributed by atoms with Crippen molar-refractivity contribution in [1.82, 2.24) is 10.3 Å². The molecule has 0 aliphatic carbocycles. The molecule has 0 saturated heterocycles. The van der Waals surface area contributed by atoms with Crippen LogP contribution >= 0.6 is 0 Å². The number of aromatic nitrogens is 1. The number of anilines is 1. The first-order chi connectivity index (χ1) is 7.29. The summed E-state index contributed by atoms with van der Waals surface area (Å²) in [5.41, 5.74) is 1.44. The van der Waals surface area contributed by atoms with E-state index in [4.69, 9.17) is 0 Å². The van der Waals surface area contributed by atoms with E-state index in [1.54, 1.807) is 12.4 Å². The summed E-state index contributed by atoms with van der Waals surface area (Å²) in [5, 5.41) is 5.96. The smallest absolute Gasteiger partial charge is 0.254 e. The number of amides is 1. The number of nitrogens with one attached hydrogen (secondary N) is 2. The topological polar surface area (TPSA) is 54.0 Å². The molecule has 15 heavy (non-hydrogen) atoms. The molecule has 1 rings (SSSR count). The van der Waals surface area contributed by atoms with Gasteiger partial charge in [-0.05, 0) is 19.4 Å². The molecule has 0 unspecified atom stereocenters. The Labute approximate surface area is 90.1 Å². The monoisotopic (exact) mass is 207 g/mol. The van der Waals surface area contributed by atoms with Crippen LogP contribution in [0.1, 0.15) is 30.6 Å². The summed E-state index contributed by atoms with van der Waals surface area (Å²) in [7, 11) is 0. The van der Waals surface area contributed by atoms with Crippen LogP contribution in [0.15, 0.2) is 18.5 Å². The molecule has 1 heterocycles. The highest BCUT2D eigenvalue weighted by atomic mass is 16.1. The third-order valence-corrected chi connectivity index (χ3v) is 1.97. The quantitative estimate of drug-likeness (QED) is 0.772. The second-order valence-electron chi connectivity index (χ2n) is 3.21. The Morgan fingerprint density at radius 3 is 2.93 bits per heavy atom. The summed E-state index contributed by atoms with van der Waals surface area (Å²) >= 11 is 0. The van der Waals surface area contributed by atoms with Crippen molar-refractivity contribution in [2.45, 2.75) is 20.3 Å². The van der Waals surface area contributed by atoms with E-state index in [1.165, 1.54) is 0 Å². The fourth-order valence-electron chi connectivity index (χ4n) is 1.25. The summed E-state index contributed by atoms with van der Waals surface area (Å²) in [6.07, 6.45) is 4.19. The van der Waals surface area contributed by atoms with Crippen LogP contribution in [0, 0.1) is 0 Å². The lowest BCUT2D eigenvalue weighted by Gasteiger charge is -2.09. The van der Waals surface area contributed by atoms with Crippen molar-refractivity contribution < 1.29 is 4.79 Å². The molecule has 0 fully saturated rings. The maximum atomic E-state index is 11.7. The summed E-state index contributed by atoms with van der Waals surface area (Å²) in [6.45, 7) is 5.50. The maximum Gasteiger partial charge on any atom is 0.254 e. The lowest BCUT2D eigenvalue weighted by atomic mass is 10.2. The van der Waals surface area contributed by atoms with Crippen LogP contribution in [0.25, 0.3) is 0 Å². The molecule has 0 spiro atoms. The Kier molecular flexibility index (Phi) is 4.60. The summed E-state index contributed by atoms with van der Waals surface area (Å²) < 4.78 is 0. The van der Waals surface area contributed by atoms with Crippen LogP contribution in [0.2, 0.25) is 0 Å². The number of carbonyl (C=O) groups is 1. The Bertz CT molecular complexity index is 325. The van der Waals surface area contributed by atoms with E-state index < -0.39 is 0 Å². The molecule has 1 aromatic rings. The van der Waals surface area contributed by atoms with Crippen LogP contribution in [-0.4, -0.2) is 24.0 Å². The average Bonchev–Trinajstić information content (AvgIpc) is 2.27. The molecular weight excluding hydrogens is 190 g/mol. The lowest BCUT2D eigenvalue weighted by molar-refractivity contribution is 0.0954. The van der Waals surface area contributed by atoms with E-state index in [-0.39, 0.29) is 5.91 Å². The molecule has 82 valence electrons. The van der Waals surface area contributed by atoms with Gasteiger partial charge in [-0.1, -0.05) is 6.92 Å². The van der Waals surface area contributed by atoms with Gasteiger partial charge in [0.2, 0.25) is 0 Å². The Morgan fingerprint density at radius 1 is 1.47 bits per heavy atom. The van der Waals surface area contributed by atoms with Crippen molar-refractivity contribution in [2.75, 3.05) is 18.4 Å². The molecule has 0 atom stereocenters. The first-order valence-corrected chi connectivity index (χ1v) is 5.25. The van der Waals surface area contributed by atoms with Gasteiger partial charge in [-0.25, -0.2) is 0 Å². The van der Waals surface area contributed by atoms with E-state index >= 15 is 0 Å². The van der Waals surface area contributed by atoms with Crippen molar-refractivity contribution in [3.63, 3.8) is 0 Å². The Hall–Kier alpha value is -1.58. The fourth-order valence-corrected chi connectivity index (χ4v) is 1.25. The van der Waals surface area contributed by atoms with Gasteiger partial charge in [0.25, 0.3) is 5.91 Å². The molecule has 1 aromatic heterocycles. The molecule has 0 aliphatic rings. The van der Waals surface area contributed by atoms with Crippen LogP contribution < -0.4 is 10.6 Å². The molecule has 0 bridgehead atoms. The van der Waals surface area contributed by atoms with Gasteiger partial charge in [0, 0.05) is 25.5 Å². The van der Waals surface area contributed by atoms with E-state index in [1.807, 2.05) is 19.9 Å². The molecule has 2 N–H and O–H groups in total. The zero-order valence-electron chi connectivity index (χ0n) is 9.21. The minimum absolute atomic E-state index is 0.0686. The third kappa shape index (κ3) is 3.23. The van der Waals surface area contributed by atoms with Gasteiger partial charge in [0.15, 0.2) is 0 Å². The maximum absolute atomic E-state index is 11.7. The van der Waals surface area contributed by atoms with Crippen LogP contribution in [0.5, 0.6) is 0 Å². The van der Waals surface area contributed by atoms with Crippen LogP contribution in [-0.2, 0) is 0 Å². The van der Waals surface area contributed by atoms with E-state index in [0.29, 0.717) is 12.1 Å². The van der Waals surface area contributed by atoms with Gasteiger partial charge in [0.1, 0.15) is 0 Å². The minimum Gasteiger partial charge on any atom is -0.385 e. The largest absolute Gasteiger partial charge is 0.385 e. The molecule has 4 heteroatoms. The second-order valence-corrected chi connectivity index (χ2v) is 3.21. The zero-order valence-corrected chi connectivity index (χ0v) is 9.21. The number of carbonyl (C=O) groups excluding carboxylic acids is 1.